The normalized spacial score (nSPS) is 14.3. The van der Waals surface area contributed by atoms with Gasteiger partial charge in [0, 0.05) is 6.54 Å². The van der Waals surface area contributed by atoms with Gasteiger partial charge in [-0.2, -0.15) is 0 Å². The number of para-hydroxylation sites is 1. The van der Waals surface area contributed by atoms with Gasteiger partial charge in [-0.15, -0.1) is 12.4 Å². The Kier molecular flexibility index (Phi) is 12.0. The Labute approximate surface area is 222 Å². The summed E-state index contributed by atoms with van der Waals surface area (Å²) in [6.45, 7) is 2.68. The molecule has 4 rings (SSSR count). The molecule has 0 spiro atoms. The van der Waals surface area contributed by atoms with Crippen LogP contribution < -0.4 is 19.5 Å². The summed E-state index contributed by atoms with van der Waals surface area (Å²) in [7, 11) is 1.70. The average molecular weight is 510 g/mol. The Hall–Kier alpha value is -2.69. The van der Waals surface area contributed by atoms with Gasteiger partial charge in [-0.05, 0) is 92.8 Å². The Morgan fingerprint density at radius 3 is 2.36 bits per heavy atom. The van der Waals surface area contributed by atoms with Crippen LogP contribution in [0.4, 0.5) is 0 Å². The zero-order chi connectivity index (χ0) is 24.1. The maximum atomic E-state index is 6.20. The number of methoxy groups -OCH3 is 1. The molecule has 0 aliphatic carbocycles. The van der Waals surface area contributed by atoms with Crippen LogP contribution in [0.3, 0.4) is 0 Å². The lowest BCUT2D eigenvalue weighted by Gasteiger charge is -2.27. The van der Waals surface area contributed by atoms with Crippen LogP contribution in [-0.2, 0) is 19.3 Å². The molecule has 0 amide bonds. The van der Waals surface area contributed by atoms with Gasteiger partial charge in [0.25, 0.3) is 0 Å². The third kappa shape index (κ3) is 8.76. The number of ether oxygens (including phenoxy) is 3. The Bertz CT molecular complexity index is 996. The number of unbranched alkanes of at least 4 members (excludes halogenated alkanes) is 2. The fourth-order valence-corrected chi connectivity index (χ4v) is 4.60. The predicted octanol–water partition coefficient (Wildman–Crippen LogP) is 6.82. The van der Waals surface area contributed by atoms with Crippen LogP contribution in [0.15, 0.2) is 72.8 Å². The molecule has 0 radical (unpaired) electrons. The molecule has 36 heavy (non-hydrogen) atoms. The summed E-state index contributed by atoms with van der Waals surface area (Å²) < 4.78 is 17.6. The topological polar surface area (TPSA) is 39.7 Å². The van der Waals surface area contributed by atoms with Gasteiger partial charge < -0.3 is 19.5 Å². The first kappa shape index (κ1) is 27.9. The molecule has 0 saturated heterocycles. The molecule has 0 aromatic heterocycles. The third-order valence-corrected chi connectivity index (χ3v) is 6.64. The minimum Gasteiger partial charge on any atom is -0.494 e. The van der Waals surface area contributed by atoms with Crippen molar-refractivity contribution in [3.8, 4) is 17.2 Å². The highest BCUT2D eigenvalue weighted by atomic mass is 35.5. The number of nitrogens with one attached hydrogen (secondary N) is 1. The highest BCUT2D eigenvalue weighted by Gasteiger charge is 2.22. The molecule has 0 unspecified atom stereocenters. The molecule has 0 bridgehead atoms. The van der Waals surface area contributed by atoms with E-state index in [4.69, 9.17) is 14.2 Å². The summed E-state index contributed by atoms with van der Waals surface area (Å²) in [6.07, 6.45) is 9.10. The standard InChI is InChI=1S/C31H39NO3.ClH/c1-33-30-15-9-14-27-18-21-29(35-31(27)30)24-32-22-7-5-12-26-16-19-28(20-17-26)34-23-8-6-13-25-10-3-2-4-11-25;/h2-4,9-11,14-17,19-20,29,32H,5-8,12-13,18,21-24H2,1H3;1H/t29-;/m1./s1. The molecular formula is C31H40ClNO3. The number of rotatable bonds is 14. The number of hydrogen-bond donors (Lipinski definition) is 1. The van der Waals surface area contributed by atoms with Gasteiger partial charge in [0.2, 0.25) is 0 Å². The van der Waals surface area contributed by atoms with E-state index in [1.165, 1.54) is 23.1 Å². The van der Waals surface area contributed by atoms with E-state index in [2.05, 4.69) is 66.0 Å². The largest absolute Gasteiger partial charge is 0.494 e. The van der Waals surface area contributed by atoms with Crippen molar-refractivity contribution in [1.82, 2.24) is 5.32 Å². The fourth-order valence-electron chi connectivity index (χ4n) is 4.60. The first-order chi connectivity index (χ1) is 17.3. The van der Waals surface area contributed by atoms with E-state index < -0.39 is 0 Å². The molecular weight excluding hydrogens is 470 g/mol. The molecule has 3 aromatic rings. The van der Waals surface area contributed by atoms with Crippen molar-refractivity contribution in [2.45, 2.75) is 57.5 Å². The smallest absolute Gasteiger partial charge is 0.164 e. The maximum Gasteiger partial charge on any atom is 0.164 e. The summed E-state index contributed by atoms with van der Waals surface area (Å²) in [4.78, 5) is 0. The molecule has 1 aliphatic heterocycles. The van der Waals surface area contributed by atoms with E-state index in [0.717, 1.165) is 81.9 Å². The van der Waals surface area contributed by atoms with Crippen molar-refractivity contribution in [1.29, 1.82) is 0 Å². The number of fused-ring (bicyclic) bond motifs is 1. The first-order valence-electron chi connectivity index (χ1n) is 13.1. The number of halogens is 1. The molecule has 1 heterocycles. The molecule has 3 aromatic carbocycles. The lowest BCUT2D eigenvalue weighted by atomic mass is 10.0. The van der Waals surface area contributed by atoms with E-state index in [-0.39, 0.29) is 18.5 Å². The average Bonchev–Trinajstić information content (AvgIpc) is 2.91. The number of hydrogen-bond acceptors (Lipinski definition) is 4. The fraction of sp³-hybridized carbons (Fsp3) is 0.419. The summed E-state index contributed by atoms with van der Waals surface area (Å²) in [5.74, 6) is 2.74. The van der Waals surface area contributed by atoms with Gasteiger partial charge in [-0.25, -0.2) is 0 Å². The van der Waals surface area contributed by atoms with Gasteiger partial charge in [0.1, 0.15) is 11.9 Å². The predicted molar refractivity (Wildman–Crippen MR) is 150 cm³/mol. The molecule has 5 heteroatoms. The van der Waals surface area contributed by atoms with Crippen molar-refractivity contribution >= 4 is 12.4 Å². The highest BCUT2D eigenvalue weighted by molar-refractivity contribution is 5.85. The molecule has 1 aliphatic rings. The van der Waals surface area contributed by atoms with Crippen molar-refractivity contribution in [2.75, 3.05) is 26.8 Å². The van der Waals surface area contributed by atoms with Crippen LogP contribution >= 0.6 is 12.4 Å². The van der Waals surface area contributed by atoms with Crippen molar-refractivity contribution in [2.24, 2.45) is 0 Å². The van der Waals surface area contributed by atoms with Gasteiger partial charge in [0.15, 0.2) is 11.5 Å². The maximum absolute atomic E-state index is 6.20. The van der Waals surface area contributed by atoms with Crippen molar-refractivity contribution < 1.29 is 14.2 Å². The van der Waals surface area contributed by atoms with Crippen LogP contribution in [0, 0.1) is 0 Å². The van der Waals surface area contributed by atoms with Crippen LogP contribution in [0.1, 0.15) is 48.8 Å². The van der Waals surface area contributed by atoms with Crippen LogP contribution in [0.2, 0.25) is 0 Å². The second-order valence-corrected chi connectivity index (χ2v) is 9.32. The SMILES string of the molecule is COc1cccc2c1O[C@@H](CNCCCCc1ccc(OCCCCc3ccccc3)cc1)CC2.Cl. The molecule has 0 saturated carbocycles. The number of benzene rings is 3. The van der Waals surface area contributed by atoms with Gasteiger partial charge in [0.05, 0.1) is 13.7 Å². The summed E-state index contributed by atoms with van der Waals surface area (Å²) >= 11 is 0. The number of aryl methyl sites for hydroxylation is 3. The lowest BCUT2D eigenvalue weighted by molar-refractivity contribution is 0.163. The second kappa shape index (κ2) is 15.4. The molecule has 0 fully saturated rings. The van der Waals surface area contributed by atoms with E-state index >= 15 is 0 Å². The van der Waals surface area contributed by atoms with E-state index in [1.54, 1.807) is 7.11 Å². The van der Waals surface area contributed by atoms with Gasteiger partial charge >= 0.3 is 0 Å². The second-order valence-electron chi connectivity index (χ2n) is 9.32. The summed E-state index contributed by atoms with van der Waals surface area (Å²) in [5.41, 5.74) is 4.03. The lowest BCUT2D eigenvalue weighted by Crippen LogP contribution is -2.34. The van der Waals surface area contributed by atoms with Crippen LogP contribution in [0.25, 0.3) is 0 Å². The van der Waals surface area contributed by atoms with Gasteiger partial charge in [-0.1, -0.05) is 54.6 Å². The third-order valence-electron chi connectivity index (χ3n) is 6.64. The van der Waals surface area contributed by atoms with Crippen LogP contribution in [-0.4, -0.2) is 32.9 Å². The molecule has 4 nitrogen and oxygen atoms in total. The quantitative estimate of drug-likeness (QED) is 0.242. The Balaban J connectivity index is 0.00000361. The minimum atomic E-state index is 0. The van der Waals surface area contributed by atoms with Gasteiger partial charge in [-0.3, -0.25) is 0 Å². The first-order valence-corrected chi connectivity index (χ1v) is 13.1. The molecule has 1 N–H and O–H groups in total. The van der Waals surface area contributed by atoms with Crippen LogP contribution in [0.5, 0.6) is 17.2 Å². The van der Waals surface area contributed by atoms with E-state index in [0.29, 0.717) is 0 Å². The zero-order valence-corrected chi connectivity index (χ0v) is 22.2. The van der Waals surface area contributed by atoms with E-state index in [1.807, 2.05) is 12.1 Å². The van der Waals surface area contributed by atoms with Crippen molar-refractivity contribution in [3.05, 3.63) is 89.5 Å². The molecule has 1 atom stereocenters. The van der Waals surface area contributed by atoms with E-state index in [9.17, 15) is 0 Å². The monoisotopic (exact) mass is 509 g/mol. The highest BCUT2D eigenvalue weighted by Crippen LogP contribution is 2.36. The summed E-state index contributed by atoms with van der Waals surface area (Å²) in [6, 6.07) is 25.4. The summed E-state index contributed by atoms with van der Waals surface area (Å²) in [5, 5.41) is 3.58. The Morgan fingerprint density at radius 1 is 0.833 bits per heavy atom. The Morgan fingerprint density at radius 2 is 1.58 bits per heavy atom. The molecule has 194 valence electrons. The minimum absolute atomic E-state index is 0. The van der Waals surface area contributed by atoms with Crippen molar-refractivity contribution in [3.63, 3.8) is 0 Å². The zero-order valence-electron chi connectivity index (χ0n) is 21.4.